The standard InChI is InChI=1S/C31H44N2O6/c1-29(2,3)23-13-11-21(12-14-23)24-17-20(16-22(18-34)25(24)19-35)10-15-26(32-27(36)38-30(4,5)6)33-28(37)39-31(7,8)9/h11-14,16-17,34-35H,10,15,18-19H2,1-9H3,(H,32,33,36,37). The molecule has 3 N–H and O–H groups in total. The van der Waals surface area contributed by atoms with Crippen LogP contribution < -0.4 is 5.32 Å². The van der Waals surface area contributed by atoms with Crippen LogP contribution in [-0.2, 0) is 34.5 Å². The fourth-order valence-electron chi connectivity index (χ4n) is 3.90. The number of benzene rings is 2. The minimum Gasteiger partial charge on any atom is -0.444 e. The van der Waals surface area contributed by atoms with Gasteiger partial charge in [-0.25, -0.2) is 9.59 Å². The lowest BCUT2D eigenvalue weighted by Gasteiger charge is -2.21. The van der Waals surface area contributed by atoms with Gasteiger partial charge in [0.1, 0.15) is 17.0 Å². The van der Waals surface area contributed by atoms with Crippen LogP contribution in [0.5, 0.6) is 0 Å². The summed E-state index contributed by atoms with van der Waals surface area (Å²) < 4.78 is 10.6. The number of carbonyl (C=O) groups excluding carboxylic acids is 2. The monoisotopic (exact) mass is 540 g/mol. The summed E-state index contributed by atoms with van der Waals surface area (Å²) in [5.74, 6) is 0.103. The number of ether oxygens (including phenoxy) is 2. The Labute approximate surface area is 232 Å². The lowest BCUT2D eigenvalue weighted by atomic mass is 9.85. The minimum atomic E-state index is -0.820. The smallest absolute Gasteiger partial charge is 0.435 e. The summed E-state index contributed by atoms with van der Waals surface area (Å²) in [6, 6.07) is 11.9. The van der Waals surface area contributed by atoms with Crippen LogP contribution in [0, 0.1) is 0 Å². The van der Waals surface area contributed by atoms with Crippen LogP contribution in [0.25, 0.3) is 11.1 Å². The Morgan fingerprint density at radius 1 is 0.846 bits per heavy atom. The molecule has 0 fully saturated rings. The predicted octanol–water partition coefficient (Wildman–Crippen LogP) is 6.43. The van der Waals surface area contributed by atoms with Crippen LogP contribution in [0.15, 0.2) is 41.4 Å². The lowest BCUT2D eigenvalue weighted by Crippen LogP contribution is -2.37. The molecule has 0 saturated carbocycles. The summed E-state index contributed by atoms with van der Waals surface area (Å²) in [5, 5.41) is 22.8. The Bertz CT molecular complexity index is 1180. The number of alkyl carbamates (subject to hydrolysis) is 1. The maximum atomic E-state index is 12.4. The molecule has 0 aliphatic heterocycles. The molecule has 0 radical (unpaired) electrons. The molecule has 0 atom stereocenters. The molecule has 0 heterocycles. The first-order valence-corrected chi connectivity index (χ1v) is 13.2. The number of aliphatic hydroxyl groups excluding tert-OH is 2. The summed E-state index contributed by atoms with van der Waals surface area (Å²) in [6.45, 7) is 16.4. The van der Waals surface area contributed by atoms with Gasteiger partial charge in [0.25, 0.3) is 0 Å². The van der Waals surface area contributed by atoms with E-state index in [1.807, 2.05) is 24.3 Å². The molecule has 8 nitrogen and oxygen atoms in total. The topological polar surface area (TPSA) is 117 Å². The molecule has 0 aliphatic rings. The van der Waals surface area contributed by atoms with Gasteiger partial charge in [0.05, 0.1) is 13.2 Å². The average Bonchev–Trinajstić information content (AvgIpc) is 2.78. The van der Waals surface area contributed by atoms with Gasteiger partial charge >= 0.3 is 12.2 Å². The second kappa shape index (κ2) is 12.7. The molecule has 0 saturated heterocycles. The maximum absolute atomic E-state index is 12.4. The van der Waals surface area contributed by atoms with Crippen molar-refractivity contribution in [1.29, 1.82) is 0 Å². The highest BCUT2D eigenvalue weighted by atomic mass is 16.6. The summed E-state index contributed by atoms with van der Waals surface area (Å²) in [6.07, 6.45) is -0.955. The quantitative estimate of drug-likeness (QED) is 0.287. The highest BCUT2D eigenvalue weighted by Crippen LogP contribution is 2.31. The molecule has 2 aromatic carbocycles. The van der Waals surface area contributed by atoms with E-state index in [0.29, 0.717) is 17.5 Å². The molecule has 2 aromatic rings. The van der Waals surface area contributed by atoms with Crippen molar-refractivity contribution >= 4 is 18.0 Å². The van der Waals surface area contributed by atoms with Gasteiger partial charge in [0.2, 0.25) is 0 Å². The van der Waals surface area contributed by atoms with E-state index in [-0.39, 0.29) is 30.9 Å². The fraction of sp³-hybridized carbons (Fsp3) is 0.516. The normalized spacial score (nSPS) is 12.7. The van der Waals surface area contributed by atoms with Crippen molar-refractivity contribution in [3.8, 4) is 11.1 Å². The molecule has 2 amide bonds. The highest BCUT2D eigenvalue weighted by Gasteiger charge is 2.21. The molecular formula is C31H44N2O6. The number of amides is 2. The number of amidine groups is 1. The average molecular weight is 541 g/mol. The molecule has 8 heteroatoms. The molecular weight excluding hydrogens is 496 g/mol. The van der Waals surface area contributed by atoms with E-state index in [1.165, 1.54) is 5.56 Å². The summed E-state index contributed by atoms with van der Waals surface area (Å²) in [7, 11) is 0. The van der Waals surface area contributed by atoms with Gasteiger partial charge in [-0.15, -0.1) is 0 Å². The third-order valence-electron chi connectivity index (χ3n) is 5.71. The van der Waals surface area contributed by atoms with Crippen molar-refractivity contribution in [2.45, 2.75) is 105 Å². The Balaban J connectivity index is 2.41. The van der Waals surface area contributed by atoms with E-state index < -0.39 is 23.4 Å². The summed E-state index contributed by atoms with van der Waals surface area (Å²) in [4.78, 5) is 28.8. The number of hydrogen-bond donors (Lipinski definition) is 3. The predicted molar refractivity (Wildman–Crippen MR) is 154 cm³/mol. The number of aryl methyl sites for hydroxylation is 1. The van der Waals surface area contributed by atoms with Crippen LogP contribution >= 0.6 is 0 Å². The zero-order valence-corrected chi connectivity index (χ0v) is 24.8. The molecule has 0 spiro atoms. The van der Waals surface area contributed by atoms with Crippen LogP contribution in [0.2, 0.25) is 0 Å². The van der Waals surface area contributed by atoms with Crippen LogP contribution in [0.3, 0.4) is 0 Å². The largest absolute Gasteiger partial charge is 0.444 e. The number of nitrogens with one attached hydrogen (secondary N) is 1. The Morgan fingerprint density at radius 2 is 1.44 bits per heavy atom. The van der Waals surface area contributed by atoms with Gasteiger partial charge < -0.3 is 19.7 Å². The van der Waals surface area contributed by atoms with Crippen LogP contribution in [0.1, 0.15) is 91.0 Å². The van der Waals surface area contributed by atoms with E-state index >= 15 is 0 Å². The first-order chi connectivity index (χ1) is 17.9. The van der Waals surface area contributed by atoms with Gasteiger partial charge in [-0.05, 0) is 86.8 Å². The zero-order valence-electron chi connectivity index (χ0n) is 24.8. The van der Waals surface area contributed by atoms with Crippen molar-refractivity contribution in [3.63, 3.8) is 0 Å². The maximum Gasteiger partial charge on any atom is 0.435 e. The zero-order chi connectivity index (χ0) is 29.6. The van der Waals surface area contributed by atoms with E-state index in [9.17, 15) is 19.8 Å². The molecule has 2 rings (SSSR count). The third-order valence-corrected chi connectivity index (χ3v) is 5.71. The van der Waals surface area contributed by atoms with Crippen LogP contribution in [0.4, 0.5) is 9.59 Å². The first kappa shape index (κ1) is 32.0. The minimum absolute atomic E-state index is 0.00145. The molecule has 0 bridgehead atoms. The molecule has 0 unspecified atom stereocenters. The van der Waals surface area contributed by atoms with Gasteiger partial charge in [-0.1, -0.05) is 57.2 Å². The molecule has 39 heavy (non-hydrogen) atoms. The van der Waals surface area contributed by atoms with Crippen molar-refractivity contribution in [1.82, 2.24) is 5.32 Å². The SMILES string of the molecule is CC(C)(C)OC(=O)N=C(CCc1cc(CO)c(CO)c(-c2ccc(C(C)(C)C)cc2)c1)NC(=O)OC(C)(C)C. The summed E-state index contributed by atoms with van der Waals surface area (Å²) in [5.41, 5.74) is 3.54. The van der Waals surface area contributed by atoms with Crippen molar-refractivity contribution in [3.05, 3.63) is 58.7 Å². The first-order valence-electron chi connectivity index (χ1n) is 13.2. The molecule has 214 valence electrons. The lowest BCUT2D eigenvalue weighted by molar-refractivity contribution is 0.0561. The fourth-order valence-corrected chi connectivity index (χ4v) is 3.90. The number of hydrogen-bond acceptors (Lipinski definition) is 6. The molecule has 0 aliphatic carbocycles. The number of carbonyl (C=O) groups is 2. The third kappa shape index (κ3) is 10.5. The van der Waals surface area contributed by atoms with E-state index in [2.05, 4.69) is 43.2 Å². The van der Waals surface area contributed by atoms with E-state index in [1.54, 1.807) is 41.5 Å². The Hall–Kier alpha value is -3.23. The highest BCUT2D eigenvalue weighted by molar-refractivity contribution is 6.00. The number of nitrogens with zero attached hydrogens (tertiary/aromatic N) is 1. The van der Waals surface area contributed by atoms with Crippen molar-refractivity contribution < 1.29 is 29.3 Å². The van der Waals surface area contributed by atoms with Crippen molar-refractivity contribution in [2.75, 3.05) is 0 Å². The van der Waals surface area contributed by atoms with E-state index in [0.717, 1.165) is 16.7 Å². The second-order valence-corrected chi connectivity index (χ2v) is 12.6. The van der Waals surface area contributed by atoms with E-state index in [4.69, 9.17) is 9.47 Å². The van der Waals surface area contributed by atoms with Gasteiger partial charge in [-0.3, -0.25) is 5.32 Å². The molecule has 0 aromatic heterocycles. The Kier molecular flexibility index (Phi) is 10.5. The van der Waals surface area contributed by atoms with Crippen LogP contribution in [-0.4, -0.2) is 39.4 Å². The summed E-state index contributed by atoms with van der Waals surface area (Å²) >= 11 is 0. The van der Waals surface area contributed by atoms with Gasteiger partial charge in [-0.2, -0.15) is 4.99 Å². The number of rotatable bonds is 6. The number of aliphatic hydroxyl groups is 2. The number of aliphatic imine (C=N–C) groups is 1. The van der Waals surface area contributed by atoms with Gasteiger partial charge in [0, 0.05) is 6.42 Å². The van der Waals surface area contributed by atoms with Gasteiger partial charge in [0.15, 0.2) is 0 Å². The van der Waals surface area contributed by atoms with Crippen molar-refractivity contribution in [2.24, 2.45) is 4.99 Å². The second-order valence-electron chi connectivity index (χ2n) is 12.6. The Morgan fingerprint density at radius 3 is 1.92 bits per heavy atom.